The van der Waals surface area contributed by atoms with Crippen molar-refractivity contribution in [3.63, 3.8) is 0 Å². The van der Waals surface area contributed by atoms with E-state index in [2.05, 4.69) is 30.9 Å². The lowest BCUT2D eigenvalue weighted by atomic mass is 10.1. The highest BCUT2D eigenvalue weighted by Gasteiger charge is 2.19. The molecule has 0 amide bonds. The number of H-pyrrole nitrogens is 1. The van der Waals surface area contributed by atoms with E-state index in [0.29, 0.717) is 37.8 Å². The summed E-state index contributed by atoms with van der Waals surface area (Å²) < 4.78 is 1.55. The molecule has 0 saturated heterocycles. The van der Waals surface area contributed by atoms with Gasteiger partial charge in [0, 0.05) is 18.3 Å². The van der Waals surface area contributed by atoms with Crippen LogP contribution in [0, 0.1) is 0 Å². The summed E-state index contributed by atoms with van der Waals surface area (Å²) in [6.45, 7) is 1.72. The molecule has 0 fully saturated rings. The molecule has 0 radical (unpaired) electrons. The Hall–Kier alpha value is -3.14. The molecule has 0 bridgehead atoms. The average Bonchev–Trinajstić information content (AvgIpc) is 3.32. The number of hydrazone groups is 1. The van der Waals surface area contributed by atoms with Gasteiger partial charge in [-0.3, -0.25) is 10.1 Å². The summed E-state index contributed by atoms with van der Waals surface area (Å²) in [5.74, 6) is -0.0208. The Kier molecular flexibility index (Phi) is 5.81. The summed E-state index contributed by atoms with van der Waals surface area (Å²) >= 11 is 17.4. The van der Waals surface area contributed by atoms with Gasteiger partial charge in [0.25, 0.3) is 0 Å². The molecule has 2 aromatic carbocycles. The Morgan fingerprint density at radius 2 is 2.00 bits per heavy atom. The lowest BCUT2D eigenvalue weighted by molar-refractivity contribution is 0.475. The molecule has 4 rings (SSSR count). The zero-order valence-electron chi connectivity index (χ0n) is 16.4. The first-order valence-corrected chi connectivity index (χ1v) is 10.3. The molecule has 2 heterocycles. The summed E-state index contributed by atoms with van der Waals surface area (Å²) in [6, 6.07) is 10.7. The second kappa shape index (κ2) is 8.54. The van der Waals surface area contributed by atoms with E-state index in [9.17, 15) is 5.11 Å². The number of aromatic hydroxyl groups is 1. The number of aromatic amines is 1. The maximum Gasteiger partial charge on any atom is 0.191 e. The van der Waals surface area contributed by atoms with E-state index in [1.54, 1.807) is 43.2 Å². The molecule has 0 spiro atoms. The van der Waals surface area contributed by atoms with E-state index in [1.165, 1.54) is 0 Å². The molecule has 4 aromatic rings. The van der Waals surface area contributed by atoms with Gasteiger partial charge in [0.2, 0.25) is 0 Å². The van der Waals surface area contributed by atoms with Gasteiger partial charge in [-0.2, -0.15) is 10.2 Å². The highest BCUT2D eigenvalue weighted by atomic mass is 35.5. The third-order valence-electron chi connectivity index (χ3n) is 4.56. The van der Waals surface area contributed by atoms with Crippen LogP contribution in [0.5, 0.6) is 5.75 Å². The van der Waals surface area contributed by atoms with Crippen molar-refractivity contribution in [3.05, 3.63) is 58.5 Å². The Balaban J connectivity index is 1.51. The second-order valence-electron chi connectivity index (χ2n) is 6.70. The van der Waals surface area contributed by atoms with Crippen molar-refractivity contribution >= 4 is 63.0 Å². The van der Waals surface area contributed by atoms with Gasteiger partial charge >= 0.3 is 0 Å². The van der Waals surface area contributed by atoms with E-state index < -0.39 is 0 Å². The van der Waals surface area contributed by atoms with Crippen LogP contribution in [0.15, 0.2) is 47.8 Å². The van der Waals surface area contributed by atoms with E-state index in [1.807, 2.05) is 18.2 Å². The van der Waals surface area contributed by atoms with Gasteiger partial charge in [0.15, 0.2) is 16.6 Å². The molecule has 2 aromatic heterocycles. The van der Waals surface area contributed by atoms with E-state index in [-0.39, 0.29) is 5.75 Å². The molecular formula is C20H17Cl2N7OS. The van der Waals surface area contributed by atoms with Crippen LogP contribution in [0.4, 0.5) is 5.69 Å². The SMILES string of the molecule is C/C(=N\NC(=S)Nc1ccc2nc[nH]c2c1)c1nn(C)c(-c2ccc(Cl)c(Cl)c2)c1O. The van der Waals surface area contributed by atoms with Crippen LogP contribution in [0.1, 0.15) is 12.6 Å². The van der Waals surface area contributed by atoms with Crippen molar-refractivity contribution in [3.8, 4) is 17.0 Å². The molecule has 0 aliphatic carbocycles. The topological polar surface area (TPSA) is 103 Å². The first kappa shape index (κ1) is 21.1. The molecule has 0 atom stereocenters. The number of thiocarbonyl (C=S) groups is 1. The zero-order chi connectivity index (χ0) is 22.1. The molecule has 0 saturated carbocycles. The maximum atomic E-state index is 10.7. The molecular weight excluding hydrogens is 457 g/mol. The predicted molar refractivity (Wildman–Crippen MR) is 128 cm³/mol. The average molecular weight is 474 g/mol. The molecule has 158 valence electrons. The van der Waals surface area contributed by atoms with Gasteiger partial charge in [0.1, 0.15) is 5.69 Å². The van der Waals surface area contributed by atoms with Gasteiger partial charge in [-0.25, -0.2) is 4.98 Å². The fourth-order valence-corrected chi connectivity index (χ4v) is 3.55. The number of aromatic nitrogens is 4. The van der Waals surface area contributed by atoms with Crippen molar-refractivity contribution in [1.29, 1.82) is 0 Å². The fraction of sp³-hybridized carbons (Fsp3) is 0.100. The molecule has 31 heavy (non-hydrogen) atoms. The van der Waals surface area contributed by atoms with E-state index >= 15 is 0 Å². The molecule has 0 unspecified atom stereocenters. The van der Waals surface area contributed by atoms with Crippen molar-refractivity contribution in [1.82, 2.24) is 25.2 Å². The minimum atomic E-state index is -0.0208. The monoisotopic (exact) mass is 473 g/mol. The number of rotatable bonds is 4. The predicted octanol–water partition coefficient (Wildman–Crippen LogP) is 4.69. The van der Waals surface area contributed by atoms with Crippen LogP contribution in [0.3, 0.4) is 0 Å². The number of nitrogens with zero attached hydrogens (tertiary/aromatic N) is 4. The fourth-order valence-electron chi connectivity index (χ4n) is 3.08. The quantitative estimate of drug-likeness (QED) is 0.195. The highest BCUT2D eigenvalue weighted by Crippen LogP contribution is 2.35. The van der Waals surface area contributed by atoms with Gasteiger partial charge in [-0.1, -0.05) is 29.3 Å². The van der Waals surface area contributed by atoms with Crippen LogP contribution in [-0.2, 0) is 7.05 Å². The minimum Gasteiger partial charge on any atom is -0.504 e. The molecule has 4 N–H and O–H groups in total. The van der Waals surface area contributed by atoms with Crippen molar-refractivity contribution in [2.24, 2.45) is 12.1 Å². The number of aryl methyl sites for hydroxylation is 1. The Labute approximate surface area is 192 Å². The highest BCUT2D eigenvalue weighted by molar-refractivity contribution is 7.80. The largest absolute Gasteiger partial charge is 0.504 e. The summed E-state index contributed by atoms with van der Waals surface area (Å²) in [6.07, 6.45) is 1.63. The summed E-state index contributed by atoms with van der Waals surface area (Å²) in [5.41, 5.74) is 7.25. The van der Waals surface area contributed by atoms with E-state index in [0.717, 1.165) is 16.7 Å². The molecule has 11 heteroatoms. The Morgan fingerprint density at radius 1 is 1.19 bits per heavy atom. The first-order chi connectivity index (χ1) is 14.8. The minimum absolute atomic E-state index is 0.0208. The Morgan fingerprint density at radius 3 is 2.77 bits per heavy atom. The lowest BCUT2D eigenvalue weighted by Crippen LogP contribution is -2.25. The van der Waals surface area contributed by atoms with Crippen molar-refractivity contribution in [2.75, 3.05) is 5.32 Å². The standard InChI is InChI=1S/C20H17Cl2N7OS/c1-10(26-27-20(31)25-12-4-6-15-16(8-12)24-9-23-15)17-19(30)18(29(2)28-17)11-3-5-13(21)14(22)7-11/h3-9,30H,1-2H3,(H,23,24)(H2,25,27,31)/b26-10+. The number of hydrogen-bond acceptors (Lipinski definition) is 5. The van der Waals surface area contributed by atoms with Crippen LogP contribution in [-0.4, -0.2) is 35.7 Å². The molecule has 0 aliphatic heterocycles. The van der Waals surface area contributed by atoms with Crippen molar-refractivity contribution in [2.45, 2.75) is 6.92 Å². The van der Waals surface area contributed by atoms with Crippen molar-refractivity contribution < 1.29 is 5.11 Å². The number of hydrogen-bond donors (Lipinski definition) is 4. The van der Waals surface area contributed by atoms with Gasteiger partial charge in [0.05, 0.1) is 33.1 Å². The van der Waals surface area contributed by atoms with Gasteiger partial charge < -0.3 is 15.4 Å². The number of fused-ring (bicyclic) bond motifs is 1. The summed E-state index contributed by atoms with van der Waals surface area (Å²) in [7, 11) is 1.72. The van der Waals surface area contributed by atoms with Crippen LogP contribution >= 0.6 is 35.4 Å². The summed E-state index contributed by atoms with van der Waals surface area (Å²) in [4.78, 5) is 7.22. The number of nitrogens with one attached hydrogen (secondary N) is 3. The van der Waals surface area contributed by atoms with Crippen LogP contribution in [0.2, 0.25) is 10.0 Å². The number of benzene rings is 2. The Bertz CT molecular complexity index is 1330. The molecule has 8 nitrogen and oxygen atoms in total. The summed E-state index contributed by atoms with van der Waals surface area (Å²) in [5, 5.41) is 23.5. The normalized spacial score (nSPS) is 11.7. The van der Waals surface area contributed by atoms with Gasteiger partial charge in [-0.05, 0) is 49.5 Å². The number of imidazole rings is 1. The first-order valence-electron chi connectivity index (χ1n) is 9.09. The van der Waals surface area contributed by atoms with Crippen LogP contribution in [0.25, 0.3) is 22.3 Å². The van der Waals surface area contributed by atoms with Crippen LogP contribution < -0.4 is 10.7 Å². The maximum absolute atomic E-state index is 10.7. The third-order valence-corrected chi connectivity index (χ3v) is 5.49. The van der Waals surface area contributed by atoms with E-state index in [4.69, 9.17) is 35.4 Å². The third kappa shape index (κ3) is 4.34. The van der Waals surface area contributed by atoms with Gasteiger partial charge in [-0.15, -0.1) is 0 Å². The smallest absolute Gasteiger partial charge is 0.191 e. The number of halogens is 2. The zero-order valence-corrected chi connectivity index (χ0v) is 18.8. The second-order valence-corrected chi connectivity index (χ2v) is 7.92. The number of anilines is 1. The lowest BCUT2D eigenvalue weighted by Gasteiger charge is -2.07. The molecule has 0 aliphatic rings.